The summed E-state index contributed by atoms with van der Waals surface area (Å²) < 4.78 is 0. The van der Waals surface area contributed by atoms with Crippen molar-refractivity contribution in [3.05, 3.63) is 0 Å². The summed E-state index contributed by atoms with van der Waals surface area (Å²) in [4.78, 5) is 24.4. The van der Waals surface area contributed by atoms with Crippen LogP contribution in [0.15, 0.2) is 0 Å². The Morgan fingerprint density at radius 1 is 1.04 bits per heavy atom. The van der Waals surface area contributed by atoms with Crippen molar-refractivity contribution in [1.82, 2.24) is 10.6 Å². The van der Waals surface area contributed by atoms with Crippen LogP contribution in [-0.2, 0) is 9.59 Å². The monoisotopic (exact) mass is 324 g/mol. The molecule has 2 saturated carbocycles. The molecule has 0 spiro atoms. The Morgan fingerprint density at radius 3 is 2.39 bits per heavy atom. The first-order valence-corrected chi connectivity index (χ1v) is 9.30. The van der Waals surface area contributed by atoms with E-state index in [0.29, 0.717) is 12.3 Å². The number of amides is 2. The maximum atomic E-state index is 12.3. The van der Waals surface area contributed by atoms with Crippen LogP contribution >= 0.6 is 0 Å². The van der Waals surface area contributed by atoms with Crippen molar-refractivity contribution in [3.8, 4) is 0 Å². The predicted molar refractivity (Wildman–Crippen MR) is 89.8 cm³/mol. The molecule has 2 rings (SSSR count). The van der Waals surface area contributed by atoms with Crippen LogP contribution in [0.1, 0.15) is 71.1 Å². The highest BCUT2D eigenvalue weighted by molar-refractivity contribution is 5.87. The Labute approximate surface area is 139 Å². The van der Waals surface area contributed by atoms with Crippen molar-refractivity contribution in [3.63, 3.8) is 0 Å². The number of nitrogens with one attached hydrogen (secondary N) is 2. The molecule has 2 fully saturated rings. The number of carbonyl (C=O) groups excluding carboxylic acids is 2. The molecule has 0 saturated heterocycles. The van der Waals surface area contributed by atoms with Gasteiger partial charge in [0.1, 0.15) is 6.04 Å². The van der Waals surface area contributed by atoms with Gasteiger partial charge >= 0.3 is 0 Å². The van der Waals surface area contributed by atoms with E-state index >= 15 is 0 Å². The van der Waals surface area contributed by atoms with E-state index in [0.717, 1.165) is 38.5 Å². The Kier molecular flexibility index (Phi) is 7.34. The second-order valence-electron chi connectivity index (χ2n) is 7.34. The number of aliphatic hydroxyl groups excluding tert-OH is 1. The highest BCUT2D eigenvalue weighted by atomic mass is 16.3. The lowest BCUT2D eigenvalue weighted by molar-refractivity contribution is -0.130. The highest BCUT2D eigenvalue weighted by Gasteiger charge is 2.28. The molecule has 0 heterocycles. The van der Waals surface area contributed by atoms with Crippen LogP contribution < -0.4 is 10.6 Å². The Balaban J connectivity index is 1.74. The first-order valence-electron chi connectivity index (χ1n) is 9.30. The molecule has 0 aromatic rings. The second kappa shape index (κ2) is 9.26. The van der Waals surface area contributed by atoms with Crippen LogP contribution in [0.5, 0.6) is 0 Å². The Hall–Kier alpha value is -1.10. The van der Waals surface area contributed by atoms with Gasteiger partial charge in [0.05, 0.1) is 0 Å². The van der Waals surface area contributed by atoms with Gasteiger partial charge in [0.15, 0.2) is 0 Å². The lowest BCUT2D eigenvalue weighted by Crippen LogP contribution is -2.51. The van der Waals surface area contributed by atoms with E-state index in [2.05, 4.69) is 10.6 Å². The number of hydrogen-bond donors (Lipinski definition) is 3. The van der Waals surface area contributed by atoms with Crippen LogP contribution in [0.2, 0.25) is 0 Å². The maximum absolute atomic E-state index is 12.3. The van der Waals surface area contributed by atoms with Crippen LogP contribution in [0.25, 0.3) is 0 Å². The van der Waals surface area contributed by atoms with E-state index in [4.69, 9.17) is 0 Å². The van der Waals surface area contributed by atoms with Gasteiger partial charge < -0.3 is 15.7 Å². The molecule has 132 valence electrons. The molecule has 5 heteroatoms. The van der Waals surface area contributed by atoms with Crippen LogP contribution in [0.3, 0.4) is 0 Å². The van der Waals surface area contributed by atoms with Gasteiger partial charge in [-0.2, -0.15) is 0 Å². The van der Waals surface area contributed by atoms with E-state index < -0.39 is 6.04 Å². The predicted octanol–water partition coefficient (Wildman–Crippen LogP) is 2.13. The smallest absolute Gasteiger partial charge is 0.242 e. The Morgan fingerprint density at radius 2 is 1.70 bits per heavy atom. The van der Waals surface area contributed by atoms with Crippen molar-refractivity contribution < 1.29 is 14.7 Å². The normalized spacial score (nSPS) is 27.2. The molecule has 3 unspecified atom stereocenters. The number of rotatable bonds is 6. The summed E-state index contributed by atoms with van der Waals surface area (Å²) in [6.07, 6.45) is 10.6. The minimum atomic E-state index is -0.507. The van der Waals surface area contributed by atoms with Gasteiger partial charge in [0, 0.05) is 25.0 Å². The second-order valence-corrected chi connectivity index (χ2v) is 7.34. The molecule has 0 radical (unpaired) electrons. The average Bonchev–Trinajstić information content (AvgIpc) is 2.56. The van der Waals surface area contributed by atoms with Crippen LogP contribution in [0, 0.1) is 11.8 Å². The van der Waals surface area contributed by atoms with Crippen molar-refractivity contribution in [1.29, 1.82) is 0 Å². The van der Waals surface area contributed by atoms with Gasteiger partial charge in [0.2, 0.25) is 11.8 Å². The van der Waals surface area contributed by atoms with Gasteiger partial charge in [-0.15, -0.1) is 0 Å². The molecule has 2 amide bonds. The average molecular weight is 324 g/mol. The number of hydrogen-bond acceptors (Lipinski definition) is 3. The third-order valence-corrected chi connectivity index (χ3v) is 5.44. The molecule has 0 aromatic heterocycles. The molecule has 23 heavy (non-hydrogen) atoms. The topological polar surface area (TPSA) is 78.4 Å². The summed E-state index contributed by atoms with van der Waals surface area (Å²) in [6, 6.07) is -0.466. The molecule has 3 N–H and O–H groups in total. The molecule has 0 bridgehead atoms. The van der Waals surface area contributed by atoms with Crippen LogP contribution in [0.4, 0.5) is 0 Å². The van der Waals surface area contributed by atoms with Crippen molar-refractivity contribution in [2.45, 2.75) is 83.2 Å². The molecule has 0 aliphatic heterocycles. The zero-order valence-corrected chi connectivity index (χ0v) is 14.4. The maximum Gasteiger partial charge on any atom is 0.242 e. The van der Waals surface area contributed by atoms with Gasteiger partial charge in [0.25, 0.3) is 0 Å². The Bertz CT molecular complexity index is 394. The SMILES string of the molecule is CC(NC(=O)CC1CCCCC1)C(=O)NC1CCCCC1CO. The van der Waals surface area contributed by atoms with Gasteiger partial charge in [-0.3, -0.25) is 9.59 Å². The molecule has 3 atom stereocenters. The van der Waals surface area contributed by atoms with Gasteiger partial charge in [-0.25, -0.2) is 0 Å². The van der Waals surface area contributed by atoms with Gasteiger partial charge in [-0.05, 0) is 38.5 Å². The lowest BCUT2D eigenvalue weighted by atomic mass is 9.85. The number of carbonyl (C=O) groups is 2. The molecule has 2 aliphatic rings. The largest absolute Gasteiger partial charge is 0.396 e. The quantitative estimate of drug-likeness (QED) is 0.700. The van der Waals surface area contributed by atoms with Crippen molar-refractivity contribution >= 4 is 11.8 Å². The first kappa shape index (κ1) is 18.2. The molecule has 5 nitrogen and oxygen atoms in total. The molecular weight excluding hydrogens is 292 g/mol. The minimum absolute atomic E-state index is 0.0121. The van der Waals surface area contributed by atoms with E-state index in [1.54, 1.807) is 6.92 Å². The van der Waals surface area contributed by atoms with E-state index in [-0.39, 0.29) is 30.4 Å². The molecule has 0 aromatic carbocycles. The summed E-state index contributed by atoms with van der Waals surface area (Å²) in [5.41, 5.74) is 0. The highest BCUT2D eigenvalue weighted by Crippen LogP contribution is 2.26. The fraction of sp³-hybridized carbons (Fsp3) is 0.889. The van der Waals surface area contributed by atoms with Gasteiger partial charge in [-0.1, -0.05) is 32.1 Å². The van der Waals surface area contributed by atoms with Crippen LogP contribution in [-0.4, -0.2) is 35.6 Å². The van der Waals surface area contributed by atoms with E-state index in [1.807, 2.05) is 0 Å². The fourth-order valence-corrected chi connectivity index (χ4v) is 3.94. The third-order valence-electron chi connectivity index (χ3n) is 5.44. The lowest BCUT2D eigenvalue weighted by Gasteiger charge is -2.31. The summed E-state index contributed by atoms with van der Waals surface area (Å²) in [5, 5.41) is 15.3. The van der Waals surface area contributed by atoms with Crippen molar-refractivity contribution in [2.24, 2.45) is 11.8 Å². The summed E-state index contributed by atoms with van der Waals surface area (Å²) in [7, 11) is 0. The zero-order valence-electron chi connectivity index (χ0n) is 14.4. The number of aliphatic hydroxyl groups is 1. The summed E-state index contributed by atoms with van der Waals surface area (Å²) in [6.45, 7) is 1.86. The van der Waals surface area contributed by atoms with E-state index in [9.17, 15) is 14.7 Å². The standard InChI is InChI=1S/C18H32N2O3/c1-13(19-17(22)11-14-7-3-2-4-8-14)18(23)20-16-10-6-5-9-15(16)12-21/h13-16,21H,2-12H2,1H3,(H,19,22)(H,20,23). The summed E-state index contributed by atoms with van der Waals surface area (Å²) in [5.74, 6) is 0.489. The van der Waals surface area contributed by atoms with Crippen molar-refractivity contribution in [2.75, 3.05) is 6.61 Å². The molecule has 2 aliphatic carbocycles. The first-order chi connectivity index (χ1) is 11.1. The minimum Gasteiger partial charge on any atom is -0.396 e. The van der Waals surface area contributed by atoms with E-state index in [1.165, 1.54) is 19.3 Å². The molecular formula is C18H32N2O3. The summed E-state index contributed by atoms with van der Waals surface area (Å²) >= 11 is 0. The third kappa shape index (κ3) is 5.79. The zero-order chi connectivity index (χ0) is 16.7. The fourth-order valence-electron chi connectivity index (χ4n) is 3.94.